The molecule has 2 aliphatic rings. The van der Waals surface area contributed by atoms with Crippen molar-refractivity contribution in [3.8, 4) is 0 Å². The van der Waals surface area contributed by atoms with E-state index in [1.807, 2.05) is 29.2 Å². The summed E-state index contributed by atoms with van der Waals surface area (Å²) in [5.41, 5.74) is 3.23. The maximum absolute atomic E-state index is 13.3. The van der Waals surface area contributed by atoms with Crippen LogP contribution in [0.1, 0.15) is 30.9 Å². The quantitative estimate of drug-likeness (QED) is 0.778. The predicted octanol–water partition coefficient (Wildman–Crippen LogP) is 4.46. The number of carbonyl (C=O) groups excluding carboxylic acids is 1. The molecule has 3 heteroatoms. The zero-order chi connectivity index (χ0) is 15.3. The molecule has 0 unspecified atom stereocenters. The van der Waals surface area contributed by atoms with Crippen LogP contribution in [-0.2, 0) is 16.6 Å². The fourth-order valence-corrected chi connectivity index (χ4v) is 4.06. The largest absolute Gasteiger partial charge is 0.308 e. The highest BCUT2D eigenvalue weighted by Crippen LogP contribution is 2.51. The molecule has 1 heterocycles. The molecule has 2 nitrogen and oxygen atoms in total. The van der Waals surface area contributed by atoms with Gasteiger partial charge in [-0.05, 0) is 55.5 Å². The molecule has 0 aromatic heterocycles. The molecule has 0 spiro atoms. The van der Waals surface area contributed by atoms with Gasteiger partial charge in [-0.1, -0.05) is 46.3 Å². The van der Waals surface area contributed by atoms with Crippen molar-refractivity contribution in [2.24, 2.45) is 0 Å². The van der Waals surface area contributed by atoms with Gasteiger partial charge in [0.2, 0.25) is 5.91 Å². The number of rotatable bonds is 2. The van der Waals surface area contributed by atoms with E-state index in [0.29, 0.717) is 0 Å². The highest BCUT2D eigenvalue weighted by atomic mass is 79.9. The first-order valence-electron chi connectivity index (χ1n) is 7.79. The van der Waals surface area contributed by atoms with Crippen LogP contribution in [0, 0.1) is 0 Å². The smallest absolute Gasteiger partial charge is 0.237 e. The Morgan fingerprint density at radius 2 is 1.91 bits per heavy atom. The van der Waals surface area contributed by atoms with Gasteiger partial charge in [0.1, 0.15) is 0 Å². The topological polar surface area (TPSA) is 20.3 Å². The summed E-state index contributed by atoms with van der Waals surface area (Å²) in [5, 5.41) is 0. The van der Waals surface area contributed by atoms with Gasteiger partial charge >= 0.3 is 0 Å². The fourth-order valence-electron chi connectivity index (χ4n) is 3.65. The summed E-state index contributed by atoms with van der Waals surface area (Å²) >= 11 is 3.53. The molecule has 0 radical (unpaired) electrons. The standard InChI is InChI=1S/C19H18BrNO/c1-13-11-14-12-16(20)7-8-17(14)21(13)18(22)19(9-10-19)15-5-3-2-4-6-15/h2-8,12-13H,9-11H2,1H3/t13-/m0/s1. The van der Waals surface area contributed by atoms with Crippen molar-refractivity contribution >= 4 is 27.5 Å². The molecule has 2 aromatic carbocycles. The van der Waals surface area contributed by atoms with Crippen LogP contribution in [0.15, 0.2) is 53.0 Å². The van der Waals surface area contributed by atoms with E-state index in [1.165, 1.54) is 5.56 Å². The number of amides is 1. The average molecular weight is 356 g/mol. The van der Waals surface area contributed by atoms with Crippen LogP contribution in [0.25, 0.3) is 0 Å². The maximum Gasteiger partial charge on any atom is 0.237 e. The van der Waals surface area contributed by atoms with Crippen molar-refractivity contribution in [3.05, 3.63) is 64.1 Å². The van der Waals surface area contributed by atoms with E-state index in [2.05, 4.69) is 47.1 Å². The van der Waals surface area contributed by atoms with Crippen LogP contribution < -0.4 is 4.90 Å². The van der Waals surface area contributed by atoms with Gasteiger partial charge in [-0.25, -0.2) is 0 Å². The first-order chi connectivity index (χ1) is 10.6. The molecule has 1 fully saturated rings. The first kappa shape index (κ1) is 14.0. The Morgan fingerprint density at radius 1 is 1.18 bits per heavy atom. The van der Waals surface area contributed by atoms with E-state index in [1.54, 1.807) is 0 Å². The third-order valence-electron chi connectivity index (χ3n) is 4.96. The summed E-state index contributed by atoms with van der Waals surface area (Å²) in [6.45, 7) is 2.15. The Labute approximate surface area is 139 Å². The average Bonchev–Trinajstić information content (AvgIpc) is 3.26. The van der Waals surface area contributed by atoms with E-state index >= 15 is 0 Å². The highest BCUT2D eigenvalue weighted by Gasteiger charge is 2.54. The molecule has 0 bridgehead atoms. The Kier molecular flexibility index (Phi) is 3.15. The van der Waals surface area contributed by atoms with Crippen LogP contribution in [0.5, 0.6) is 0 Å². The lowest BCUT2D eigenvalue weighted by molar-refractivity contribution is -0.121. The van der Waals surface area contributed by atoms with Crippen LogP contribution in [-0.4, -0.2) is 11.9 Å². The van der Waals surface area contributed by atoms with Crippen LogP contribution in [0.3, 0.4) is 0 Å². The second kappa shape index (κ2) is 4.95. The molecule has 1 aliphatic heterocycles. The van der Waals surface area contributed by atoms with Crippen molar-refractivity contribution in [1.82, 2.24) is 0 Å². The minimum absolute atomic E-state index is 0.234. The SMILES string of the molecule is C[C@H]1Cc2cc(Br)ccc2N1C(=O)C1(c2ccccc2)CC1. The number of hydrogen-bond donors (Lipinski definition) is 0. The van der Waals surface area contributed by atoms with Gasteiger partial charge in [0.05, 0.1) is 5.41 Å². The number of anilines is 1. The molecule has 1 atom stereocenters. The number of fused-ring (bicyclic) bond motifs is 1. The van der Waals surface area contributed by atoms with Crippen molar-refractivity contribution < 1.29 is 4.79 Å². The van der Waals surface area contributed by atoms with Crippen LogP contribution in [0.2, 0.25) is 0 Å². The minimum atomic E-state index is -0.287. The second-order valence-electron chi connectivity index (χ2n) is 6.45. The van der Waals surface area contributed by atoms with Crippen molar-refractivity contribution in [1.29, 1.82) is 0 Å². The fraction of sp³-hybridized carbons (Fsp3) is 0.316. The zero-order valence-corrected chi connectivity index (χ0v) is 14.1. The van der Waals surface area contributed by atoms with E-state index in [4.69, 9.17) is 0 Å². The highest BCUT2D eigenvalue weighted by molar-refractivity contribution is 9.10. The summed E-state index contributed by atoms with van der Waals surface area (Å²) in [6.07, 6.45) is 2.86. The summed E-state index contributed by atoms with van der Waals surface area (Å²) in [6, 6.07) is 16.7. The van der Waals surface area contributed by atoms with Gasteiger partial charge in [-0.2, -0.15) is 0 Å². The number of halogens is 1. The van der Waals surface area contributed by atoms with Gasteiger partial charge in [0, 0.05) is 16.2 Å². The van der Waals surface area contributed by atoms with Crippen molar-refractivity contribution in [2.75, 3.05) is 4.90 Å². The van der Waals surface area contributed by atoms with Gasteiger partial charge in [0.25, 0.3) is 0 Å². The molecule has 1 amide bonds. The number of hydrogen-bond acceptors (Lipinski definition) is 1. The van der Waals surface area contributed by atoms with Gasteiger partial charge in [-0.3, -0.25) is 4.79 Å². The van der Waals surface area contributed by atoms with Gasteiger partial charge in [-0.15, -0.1) is 0 Å². The monoisotopic (exact) mass is 355 g/mol. The predicted molar refractivity (Wildman–Crippen MR) is 92.1 cm³/mol. The molecule has 0 N–H and O–H groups in total. The van der Waals surface area contributed by atoms with E-state index in [9.17, 15) is 4.79 Å². The molecule has 0 saturated heterocycles. The Hall–Kier alpha value is -1.61. The number of benzene rings is 2. The Bertz CT molecular complexity index is 736. The summed E-state index contributed by atoms with van der Waals surface area (Å²) in [5.74, 6) is 0.271. The third-order valence-corrected chi connectivity index (χ3v) is 5.45. The zero-order valence-electron chi connectivity index (χ0n) is 12.6. The van der Waals surface area contributed by atoms with Crippen LogP contribution in [0.4, 0.5) is 5.69 Å². The first-order valence-corrected chi connectivity index (χ1v) is 8.59. The van der Waals surface area contributed by atoms with E-state index in [-0.39, 0.29) is 17.4 Å². The van der Waals surface area contributed by atoms with Gasteiger partial charge < -0.3 is 4.90 Å². The molecule has 1 aliphatic carbocycles. The van der Waals surface area contributed by atoms with Gasteiger partial charge in [0.15, 0.2) is 0 Å². The summed E-state index contributed by atoms with van der Waals surface area (Å²) in [7, 11) is 0. The van der Waals surface area contributed by atoms with E-state index < -0.39 is 0 Å². The van der Waals surface area contributed by atoms with E-state index in [0.717, 1.165) is 35.0 Å². The molecule has 112 valence electrons. The maximum atomic E-state index is 13.3. The molecule has 2 aromatic rings. The normalized spacial score (nSPS) is 21.5. The lowest BCUT2D eigenvalue weighted by atomic mass is 9.94. The molecule has 1 saturated carbocycles. The Morgan fingerprint density at radius 3 is 2.59 bits per heavy atom. The van der Waals surface area contributed by atoms with Crippen LogP contribution >= 0.6 is 15.9 Å². The molecule has 4 rings (SSSR count). The second-order valence-corrected chi connectivity index (χ2v) is 7.37. The number of nitrogens with zero attached hydrogens (tertiary/aromatic N) is 1. The minimum Gasteiger partial charge on any atom is -0.308 e. The molecular formula is C19H18BrNO. The summed E-state index contributed by atoms with van der Waals surface area (Å²) < 4.78 is 1.08. The lowest BCUT2D eigenvalue weighted by Gasteiger charge is -2.28. The van der Waals surface area contributed by atoms with Crippen molar-refractivity contribution in [2.45, 2.75) is 37.6 Å². The molecular weight excluding hydrogens is 338 g/mol. The van der Waals surface area contributed by atoms with Crippen molar-refractivity contribution in [3.63, 3.8) is 0 Å². The lowest BCUT2D eigenvalue weighted by Crippen LogP contribution is -2.42. The summed E-state index contributed by atoms with van der Waals surface area (Å²) in [4.78, 5) is 15.3. The number of carbonyl (C=O) groups is 1. The third kappa shape index (κ3) is 2.03. The molecule has 22 heavy (non-hydrogen) atoms. The Balaban J connectivity index is 1.73.